The van der Waals surface area contributed by atoms with Gasteiger partial charge in [0, 0.05) is 16.8 Å². The molecule has 0 aliphatic carbocycles. The zero-order valence-electron chi connectivity index (χ0n) is 15.0. The minimum atomic E-state index is -0.849. The largest absolute Gasteiger partial charge is 0.324 e. The Bertz CT molecular complexity index is 1080. The van der Waals surface area contributed by atoms with Crippen molar-refractivity contribution in [2.45, 2.75) is 6.04 Å². The molecular formula is C22H15F3N2O2. The van der Waals surface area contributed by atoms with E-state index < -0.39 is 35.3 Å². The molecular weight excluding hydrogens is 381 g/mol. The molecule has 3 aromatic carbocycles. The molecule has 0 saturated carbocycles. The summed E-state index contributed by atoms with van der Waals surface area (Å²) in [5.74, 6) is -2.50. The molecule has 146 valence electrons. The van der Waals surface area contributed by atoms with Gasteiger partial charge in [0.05, 0.1) is 6.04 Å². The second kappa shape index (κ2) is 7.43. The summed E-state index contributed by atoms with van der Waals surface area (Å²) < 4.78 is 40.8. The van der Waals surface area contributed by atoms with Crippen molar-refractivity contribution in [3.63, 3.8) is 0 Å². The van der Waals surface area contributed by atoms with Gasteiger partial charge >= 0.3 is 0 Å². The first-order valence-corrected chi connectivity index (χ1v) is 8.83. The second-order valence-electron chi connectivity index (χ2n) is 6.67. The highest BCUT2D eigenvalue weighted by Crippen LogP contribution is 2.37. The van der Waals surface area contributed by atoms with Crippen molar-refractivity contribution in [2.75, 3.05) is 11.9 Å². The normalized spacial score (nSPS) is 16.0. The second-order valence-corrected chi connectivity index (χ2v) is 6.67. The maximum Gasteiger partial charge on any atom is 0.255 e. The Morgan fingerprint density at radius 3 is 2.10 bits per heavy atom. The molecule has 2 amide bonds. The molecule has 0 spiro atoms. The third kappa shape index (κ3) is 3.71. The van der Waals surface area contributed by atoms with Crippen LogP contribution in [0.2, 0.25) is 0 Å². The average Bonchev–Trinajstić information content (AvgIpc) is 2.84. The molecule has 7 heteroatoms. The van der Waals surface area contributed by atoms with Gasteiger partial charge in [0.2, 0.25) is 5.91 Å². The Labute approximate surface area is 164 Å². The Morgan fingerprint density at radius 1 is 0.862 bits per heavy atom. The van der Waals surface area contributed by atoms with E-state index in [0.29, 0.717) is 16.8 Å². The van der Waals surface area contributed by atoms with E-state index in [1.165, 1.54) is 59.5 Å². The lowest BCUT2D eigenvalue weighted by Crippen LogP contribution is -2.39. The number of rotatable bonds is 2. The number of anilines is 1. The van der Waals surface area contributed by atoms with Crippen molar-refractivity contribution in [1.82, 2.24) is 4.90 Å². The summed E-state index contributed by atoms with van der Waals surface area (Å²) in [5.41, 5.74) is 1.40. The van der Waals surface area contributed by atoms with E-state index in [1.807, 2.05) is 0 Å². The van der Waals surface area contributed by atoms with E-state index >= 15 is 0 Å². The smallest absolute Gasteiger partial charge is 0.255 e. The Hall–Kier alpha value is -3.61. The van der Waals surface area contributed by atoms with Crippen molar-refractivity contribution >= 4 is 17.5 Å². The fourth-order valence-corrected chi connectivity index (χ4v) is 3.43. The van der Waals surface area contributed by atoms with Gasteiger partial charge < -0.3 is 10.2 Å². The number of nitrogens with zero attached hydrogens (tertiary/aromatic N) is 1. The van der Waals surface area contributed by atoms with Gasteiger partial charge in [-0.15, -0.1) is 0 Å². The molecule has 1 atom stereocenters. The van der Waals surface area contributed by atoms with Crippen LogP contribution in [0.1, 0.15) is 27.5 Å². The van der Waals surface area contributed by atoms with Crippen LogP contribution in [0.4, 0.5) is 18.9 Å². The number of benzene rings is 3. The van der Waals surface area contributed by atoms with Gasteiger partial charge in [-0.1, -0.05) is 12.1 Å². The van der Waals surface area contributed by atoms with Crippen LogP contribution in [0, 0.1) is 17.5 Å². The van der Waals surface area contributed by atoms with E-state index in [-0.39, 0.29) is 12.1 Å². The lowest BCUT2D eigenvalue weighted by Gasteiger charge is -2.30. The van der Waals surface area contributed by atoms with E-state index in [2.05, 4.69) is 5.32 Å². The highest BCUT2D eigenvalue weighted by Gasteiger charge is 2.34. The molecule has 29 heavy (non-hydrogen) atoms. The third-order valence-electron chi connectivity index (χ3n) is 4.75. The van der Waals surface area contributed by atoms with Gasteiger partial charge in [0.25, 0.3) is 5.91 Å². The Kier molecular flexibility index (Phi) is 4.80. The van der Waals surface area contributed by atoms with Gasteiger partial charge in [0.1, 0.15) is 24.0 Å². The minimum absolute atomic E-state index is 0.172. The molecule has 1 aliphatic rings. The summed E-state index contributed by atoms with van der Waals surface area (Å²) in [6.07, 6.45) is 0. The van der Waals surface area contributed by atoms with E-state index in [4.69, 9.17) is 0 Å². The average molecular weight is 396 g/mol. The summed E-state index contributed by atoms with van der Waals surface area (Å²) in [5, 5.41) is 2.67. The number of amides is 2. The van der Waals surface area contributed by atoms with Crippen molar-refractivity contribution in [3.05, 3.63) is 101 Å². The fourth-order valence-electron chi connectivity index (χ4n) is 3.43. The number of hydrogen-bond acceptors (Lipinski definition) is 2. The predicted molar refractivity (Wildman–Crippen MR) is 101 cm³/mol. The van der Waals surface area contributed by atoms with Crippen LogP contribution in [0.15, 0.2) is 66.7 Å². The predicted octanol–water partition coefficient (Wildman–Crippen LogP) is 4.29. The molecule has 0 saturated heterocycles. The maximum absolute atomic E-state index is 14.1. The summed E-state index contributed by atoms with van der Waals surface area (Å²) >= 11 is 0. The van der Waals surface area contributed by atoms with E-state index in [0.717, 1.165) is 12.1 Å². The molecule has 1 aliphatic heterocycles. The maximum atomic E-state index is 14.1. The van der Waals surface area contributed by atoms with E-state index in [9.17, 15) is 22.8 Å². The summed E-state index contributed by atoms with van der Waals surface area (Å²) in [4.78, 5) is 26.9. The lowest BCUT2D eigenvalue weighted by molar-refractivity contribution is -0.117. The monoisotopic (exact) mass is 396 g/mol. The summed E-state index contributed by atoms with van der Waals surface area (Å²) in [6, 6.07) is 13.4. The summed E-state index contributed by atoms with van der Waals surface area (Å²) in [7, 11) is 0. The first-order chi connectivity index (χ1) is 13.9. The number of halogens is 3. The SMILES string of the molecule is O=C1CN(C(=O)c2ccc(F)cc2)[C@@H](c2ccc(F)cc2)c2cc(F)ccc2N1. The molecule has 4 rings (SSSR count). The number of nitrogens with one attached hydrogen (secondary N) is 1. The molecule has 4 nitrogen and oxygen atoms in total. The zero-order valence-corrected chi connectivity index (χ0v) is 15.0. The first-order valence-electron chi connectivity index (χ1n) is 8.83. The van der Waals surface area contributed by atoms with Gasteiger partial charge in [-0.05, 0) is 60.2 Å². The van der Waals surface area contributed by atoms with E-state index in [1.54, 1.807) is 0 Å². The standard InChI is InChI=1S/C22H15F3N2O2/c23-15-5-1-13(2-6-15)21-18-11-17(25)9-10-19(18)26-20(28)12-27(21)22(29)14-3-7-16(24)8-4-14/h1-11,21H,12H2,(H,26,28)/t21-/m0/s1. The Balaban J connectivity index is 1.88. The molecule has 0 unspecified atom stereocenters. The number of fused-ring (bicyclic) bond motifs is 1. The number of carbonyl (C=O) groups is 2. The minimum Gasteiger partial charge on any atom is -0.324 e. The molecule has 1 heterocycles. The van der Waals surface area contributed by atoms with Crippen LogP contribution in [0.25, 0.3) is 0 Å². The highest BCUT2D eigenvalue weighted by atomic mass is 19.1. The van der Waals surface area contributed by atoms with Crippen LogP contribution in [0.3, 0.4) is 0 Å². The molecule has 0 fully saturated rings. The highest BCUT2D eigenvalue weighted by molar-refractivity contribution is 6.01. The van der Waals surface area contributed by atoms with Crippen LogP contribution in [-0.2, 0) is 4.79 Å². The fraction of sp³-hybridized carbons (Fsp3) is 0.0909. The Morgan fingerprint density at radius 2 is 1.45 bits per heavy atom. The van der Waals surface area contributed by atoms with Crippen LogP contribution in [-0.4, -0.2) is 23.3 Å². The quantitative estimate of drug-likeness (QED) is 0.703. The van der Waals surface area contributed by atoms with Gasteiger partial charge in [-0.2, -0.15) is 0 Å². The van der Waals surface area contributed by atoms with Crippen molar-refractivity contribution < 1.29 is 22.8 Å². The molecule has 0 aromatic heterocycles. The molecule has 3 aromatic rings. The third-order valence-corrected chi connectivity index (χ3v) is 4.75. The zero-order chi connectivity index (χ0) is 20.5. The van der Waals surface area contributed by atoms with Gasteiger partial charge in [-0.3, -0.25) is 9.59 Å². The van der Waals surface area contributed by atoms with Crippen LogP contribution < -0.4 is 5.32 Å². The number of carbonyl (C=O) groups excluding carboxylic acids is 2. The van der Waals surface area contributed by atoms with Crippen LogP contribution in [0.5, 0.6) is 0 Å². The molecule has 0 bridgehead atoms. The van der Waals surface area contributed by atoms with Gasteiger partial charge in [0.15, 0.2) is 0 Å². The molecule has 0 radical (unpaired) electrons. The first kappa shape index (κ1) is 18.7. The number of hydrogen-bond donors (Lipinski definition) is 1. The topological polar surface area (TPSA) is 49.4 Å². The van der Waals surface area contributed by atoms with Gasteiger partial charge in [-0.25, -0.2) is 13.2 Å². The van der Waals surface area contributed by atoms with Crippen molar-refractivity contribution in [1.29, 1.82) is 0 Å². The molecule has 1 N–H and O–H groups in total. The lowest BCUT2D eigenvalue weighted by atomic mass is 9.95. The summed E-state index contributed by atoms with van der Waals surface area (Å²) in [6.45, 7) is -0.311. The van der Waals surface area contributed by atoms with Crippen molar-refractivity contribution in [3.8, 4) is 0 Å². The van der Waals surface area contributed by atoms with Crippen LogP contribution >= 0.6 is 0 Å². The van der Waals surface area contributed by atoms with Crippen molar-refractivity contribution in [2.24, 2.45) is 0 Å².